The van der Waals surface area contributed by atoms with E-state index >= 15 is 0 Å². The van der Waals surface area contributed by atoms with Gasteiger partial charge in [-0.25, -0.2) is 13.1 Å². The van der Waals surface area contributed by atoms with Gasteiger partial charge in [-0.05, 0) is 60.7 Å². The van der Waals surface area contributed by atoms with Crippen molar-refractivity contribution in [1.29, 1.82) is 0 Å². The summed E-state index contributed by atoms with van der Waals surface area (Å²) >= 11 is 5.90. The number of aromatic nitrogens is 2. The van der Waals surface area contributed by atoms with Gasteiger partial charge in [0.05, 0.1) is 16.3 Å². The van der Waals surface area contributed by atoms with Crippen LogP contribution in [0.15, 0.2) is 101 Å². The van der Waals surface area contributed by atoms with E-state index in [4.69, 9.17) is 11.6 Å². The molecule has 0 saturated heterocycles. The Morgan fingerprint density at radius 1 is 0.941 bits per heavy atom. The van der Waals surface area contributed by atoms with Crippen molar-refractivity contribution in [3.63, 3.8) is 0 Å². The molecule has 172 valence electrons. The molecule has 1 heterocycles. The summed E-state index contributed by atoms with van der Waals surface area (Å²) in [6.07, 6.45) is 1.45. The molecular weight excluding hydrogens is 476 g/mol. The van der Waals surface area contributed by atoms with Crippen LogP contribution in [-0.4, -0.2) is 31.2 Å². The minimum atomic E-state index is -3.79. The van der Waals surface area contributed by atoms with E-state index in [9.17, 15) is 18.0 Å². The van der Waals surface area contributed by atoms with Crippen molar-refractivity contribution in [3.05, 3.63) is 112 Å². The third-order valence-corrected chi connectivity index (χ3v) is 7.06. The molecule has 0 saturated carbocycles. The molecule has 0 radical (unpaired) electrons. The molecule has 8 nitrogen and oxygen atoms in total. The highest BCUT2D eigenvalue weighted by Gasteiger charge is 2.21. The fourth-order valence-electron chi connectivity index (χ4n) is 3.14. The molecule has 3 aromatic carbocycles. The van der Waals surface area contributed by atoms with Crippen molar-refractivity contribution in [2.24, 2.45) is 0 Å². The summed E-state index contributed by atoms with van der Waals surface area (Å²) in [5.41, 5.74) is 0.598. The molecule has 0 aliphatic carbocycles. The Hall–Kier alpha value is -3.95. The van der Waals surface area contributed by atoms with Gasteiger partial charge < -0.3 is 5.32 Å². The lowest BCUT2D eigenvalue weighted by Gasteiger charge is -2.19. The zero-order valence-corrected chi connectivity index (χ0v) is 19.5. The van der Waals surface area contributed by atoms with Crippen molar-refractivity contribution >= 4 is 38.9 Å². The molecule has 0 aliphatic heterocycles. The number of carbonyl (C=O) groups excluding carboxylic acids is 1. The molecule has 10 heteroatoms. The largest absolute Gasteiger partial charge is 0.320 e. The zero-order chi connectivity index (χ0) is 24.3. The molecule has 0 spiro atoms. The van der Waals surface area contributed by atoms with Gasteiger partial charge in [0.25, 0.3) is 15.9 Å². The van der Waals surface area contributed by atoms with Crippen molar-refractivity contribution in [1.82, 2.24) is 9.78 Å². The molecule has 0 aliphatic rings. The summed E-state index contributed by atoms with van der Waals surface area (Å²) in [6, 6.07) is 22.3. The first-order chi connectivity index (χ1) is 16.3. The summed E-state index contributed by atoms with van der Waals surface area (Å²) in [6.45, 7) is 0. The minimum absolute atomic E-state index is 0.0554. The number of benzene rings is 3. The molecule has 0 fully saturated rings. The maximum absolute atomic E-state index is 12.9. The highest BCUT2D eigenvalue weighted by atomic mass is 35.5. The lowest BCUT2D eigenvalue weighted by Crippen LogP contribution is -2.27. The molecule has 34 heavy (non-hydrogen) atoms. The topological polar surface area (TPSA) is 101 Å². The lowest BCUT2D eigenvalue weighted by molar-refractivity contribution is 0.101. The average molecular weight is 495 g/mol. The number of hydrogen-bond donors (Lipinski definition) is 1. The van der Waals surface area contributed by atoms with Gasteiger partial charge in [0.1, 0.15) is 0 Å². The molecule has 4 rings (SSSR count). The average Bonchev–Trinajstić information content (AvgIpc) is 2.85. The molecule has 1 aromatic heterocycles. The number of anilines is 2. The van der Waals surface area contributed by atoms with Crippen LogP contribution in [-0.2, 0) is 10.0 Å². The predicted molar refractivity (Wildman–Crippen MR) is 131 cm³/mol. The third kappa shape index (κ3) is 4.85. The van der Waals surface area contributed by atoms with Crippen molar-refractivity contribution in [2.45, 2.75) is 4.90 Å². The SMILES string of the molecule is CN(c1ccccc1)S(=O)(=O)c1ccc(NC(=O)c2nn(-c3ccc(Cl)cc3)ccc2=O)cc1. The van der Waals surface area contributed by atoms with E-state index in [0.29, 0.717) is 22.1 Å². The predicted octanol–water partition coefficient (Wildman–Crippen LogP) is 3.96. The monoisotopic (exact) mass is 494 g/mol. The van der Waals surface area contributed by atoms with E-state index in [1.807, 2.05) is 0 Å². The maximum Gasteiger partial charge on any atom is 0.280 e. The Balaban J connectivity index is 1.54. The van der Waals surface area contributed by atoms with Crippen LogP contribution in [0.4, 0.5) is 11.4 Å². The van der Waals surface area contributed by atoms with E-state index < -0.39 is 21.4 Å². The van der Waals surface area contributed by atoms with Gasteiger partial charge in [0.2, 0.25) is 5.43 Å². The fraction of sp³-hybridized carbons (Fsp3) is 0.0417. The summed E-state index contributed by atoms with van der Waals surface area (Å²) in [4.78, 5) is 25.0. The standard InChI is InChI=1S/C24H19ClN4O4S/c1-28(19-5-3-2-4-6-19)34(32,33)21-13-9-18(10-14-21)26-24(31)23-22(30)15-16-29(27-23)20-11-7-17(25)8-12-20/h2-16H,1H3,(H,26,31). The number of nitrogens with one attached hydrogen (secondary N) is 1. The van der Waals surface area contributed by atoms with Gasteiger partial charge in [-0.15, -0.1) is 0 Å². The van der Waals surface area contributed by atoms with Crippen molar-refractivity contribution in [3.8, 4) is 5.69 Å². The maximum atomic E-state index is 12.9. The number of hydrogen-bond acceptors (Lipinski definition) is 5. The van der Waals surface area contributed by atoms with Gasteiger partial charge in [-0.1, -0.05) is 29.8 Å². The van der Waals surface area contributed by atoms with Gasteiger partial charge in [-0.3, -0.25) is 13.9 Å². The Morgan fingerprint density at radius 3 is 2.24 bits per heavy atom. The normalized spacial score (nSPS) is 11.1. The van der Waals surface area contributed by atoms with Crippen molar-refractivity contribution in [2.75, 3.05) is 16.7 Å². The molecule has 4 aromatic rings. The first kappa shape index (κ1) is 23.2. The van der Waals surface area contributed by atoms with Crippen molar-refractivity contribution < 1.29 is 13.2 Å². The van der Waals surface area contributed by atoms with Crippen LogP contribution in [0, 0.1) is 0 Å². The summed E-state index contributed by atoms with van der Waals surface area (Å²) < 4.78 is 28.4. The Bertz CT molecular complexity index is 1490. The first-order valence-corrected chi connectivity index (χ1v) is 11.9. The van der Waals surface area contributed by atoms with Crippen LogP contribution in [0.2, 0.25) is 5.02 Å². The highest BCUT2D eigenvalue weighted by Crippen LogP contribution is 2.23. The van der Waals surface area contributed by atoms with E-state index in [0.717, 1.165) is 0 Å². The number of sulfonamides is 1. The number of halogens is 1. The molecule has 1 amide bonds. The smallest absolute Gasteiger partial charge is 0.280 e. The summed E-state index contributed by atoms with van der Waals surface area (Å²) in [5, 5.41) is 7.26. The lowest BCUT2D eigenvalue weighted by atomic mass is 10.3. The van der Waals surface area contributed by atoms with E-state index in [2.05, 4.69) is 10.4 Å². The Kier molecular flexibility index (Phi) is 6.49. The number of nitrogens with zero attached hydrogens (tertiary/aromatic N) is 3. The van der Waals surface area contributed by atoms with E-state index in [-0.39, 0.29) is 10.6 Å². The number of carbonyl (C=O) groups is 1. The van der Waals surface area contributed by atoms with Crippen LogP contribution in [0.3, 0.4) is 0 Å². The second kappa shape index (κ2) is 9.50. The molecule has 1 N–H and O–H groups in total. The number of para-hydroxylation sites is 1. The fourth-order valence-corrected chi connectivity index (χ4v) is 4.46. The number of rotatable bonds is 6. The first-order valence-electron chi connectivity index (χ1n) is 10.1. The molecular formula is C24H19ClN4O4S. The zero-order valence-electron chi connectivity index (χ0n) is 17.9. The van der Waals surface area contributed by atoms with Gasteiger partial charge in [-0.2, -0.15) is 5.10 Å². The van der Waals surface area contributed by atoms with E-state index in [1.165, 1.54) is 52.6 Å². The van der Waals surface area contributed by atoms with E-state index in [1.54, 1.807) is 54.6 Å². The minimum Gasteiger partial charge on any atom is -0.320 e. The number of amides is 1. The Morgan fingerprint density at radius 2 is 1.59 bits per heavy atom. The van der Waals surface area contributed by atoms with Gasteiger partial charge in [0, 0.05) is 30.0 Å². The van der Waals surface area contributed by atoms with Crippen LogP contribution in [0.5, 0.6) is 0 Å². The van der Waals surface area contributed by atoms with Gasteiger partial charge in [0.15, 0.2) is 5.69 Å². The highest BCUT2D eigenvalue weighted by molar-refractivity contribution is 7.92. The van der Waals surface area contributed by atoms with Crippen LogP contribution >= 0.6 is 11.6 Å². The second-order valence-electron chi connectivity index (χ2n) is 7.24. The quantitative estimate of drug-likeness (QED) is 0.437. The van der Waals surface area contributed by atoms with Crippen LogP contribution in [0.25, 0.3) is 5.69 Å². The third-order valence-electron chi connectivity index (χ3n) is 5.00. The molecule has 0 atom stereocenters. The summed E-state index contributed by atoms with van der Waals surface area (Å²) in [5.74, 6) is -0.717. The molecule has 0 unspecified atom stereocenters. The second-order valence-corrected chi connectivity index (χ2v) is 9.64. The van der Waals surface area contributed by atoms with Crippen LogP contribution < -0.4 is 15.1 Å². The molecule has 0 bridgehead atoms. The van der Waals surface area contributed by atoms with Crippen LogP contribution in [0.1, 0.15) is 10.5 Å². The summed E-state index contributed by atoms with van der Waals surface area (Å²) in [7, 11) is -2.32. The Labute approximate surface area is 201 Å². The van der Waals surface area contributed by atoms with Gasteiger partial charge >= 0.3 is 0 Å².